The van der Waals surface area contributed by atoms with Crippen molar-refractivity contribution in [2.24, 2.45) is 0 Å². The molecule has 1 unspecified atom stereocenters. The zero-order chi connectivity index (χ0) is 19.1. The molecule has 0 heterocycles. The van der Waals surface area contributed by atoms with Crippen molar-refractivity contribution in [2.75, 3.05) is 11.9 Å². The summed E-state index contributed by atoms with van der Waals surface area (Å²) in [5, 5.41) is 3.43. The van der Waals surface area contributed by atoms with Gasteiger partial charge in [-0.3, -0.25) is 4.79 Å². The topological polar surface area (TPSA) is 64.6 Å². The number of anilines is 1. The Morgan fingerprint density at radius 3 is 2.42 bits per heavy atom. The molecule has 1 atom stereocenters. The van der Waals surface area contributed by atoms with Crippen molar-refractivity contribution in [1.82, 2.24) is 0 Å². The average molecular weight is 376 g/mol. The Labute approximate surface area is 158 Å². The van der Waals surface area contributed by atoms with Crippen molar-refractivity contribution in [2.45, 2.75) is 33.3 Å². The SMILES string of the molecule is CCOC(=O)c1ccc(C)c(NC(=O)C(CC)Oc2ccc(Cl)cc2)c1. The van der Waals surface area contributed by atoms with Gasteiger partial charge in [0.2, 0.25) is 0 Å². The molecular formula is C20H22ClNO4. The largest absolute Gasteiger partial charge is 0.481 e. The van der Waals surface area contributed by atoms with E-state index in [2.05, 4.69) is 5.32 Å². The molecule has 2 aromatic rings. The van der Waals surface area contributed by atoms with Gasteiger partial charge in [-0.1, -0.05) is 24.6 Å². The van der Waals surface area contributed by atoms with Gasteiger partial charge >= 0.3 is 5.97 Å². The van der Waals surface area contributed by atoms with E-state index in [4.69, 9.17) is 21.1 Å². The Hall–Kier alpha value is -2.53. The Bertz CT molecular complexity index is 774. The molecule has 0 fully saturated rings. The first-order chi connectivity index (χ1) is 12.4. The van der Waals surface area contributed by atoms with Crippen LogP contribution in [-0.2, 0) is 9.53 Å². The third kappa shape index (κ3) is 5.23. The fourth-order valence-corrected chi connectivity index (χ4v) is 2.44. The van der Waals surface area contributed by atoms with Crippen molar-refractivity contribution in [3.05, 3.63) is 58.6 Å². The van der Waals surface area contributed by atoms with Crippen LogP contribution in [0.5, 0.6) is 5.75 Å². The molecular weight excluding hydrogens is 354 g/mol. The van der Waals surface area contributed by atoms with E-state index in [1.807, 2.05) is 13.8 Å². The summed E-state index contributed by atoms with van der Waals surface area (Å²) in [6, 6.07) is 11.9. The van der Waals surface area contributed by atoms with Gasteiger partial charge in [-0.25, -0.2) is 4.79 Å². The summed E-state index contributed by atoms with van der Waals surface area (Å²) < 4.78 is 10.7. The average Bonchev–Trinajstić information content (AvgIpc) is 2.63. The van der Waals surface area contributed by atoms with Crippen LogP contribution in [0.4, 0.5) is 5.69 Å². The second-order valence-corrected chi connectivity index (χ2v) is 6.14. The van der Waals surface area contributed by atoms with Gasteiger partial charge in [0.25, 0.3) is 5.91 Å². The third-order valence-electron chi connectivity index (χ3n) is 3.76. The van der Waals surface area contributed by atoms with Crippen LogP contribution in [0.2, 0.25) is 5.02 Å². The molecule has 0 aliphatic carbocycles. The van der Waals surface area contributed by atoms with E-state index in [0.717, 1.165) is 5.56 Å². The number of benzene rings is 2. The smallest absolute Gasteiger partial charge is 0.338 e. The number of halogens is 1. The van der Waals surface area contributed by atoms with Gasteiger partial charge in [0.15, 0.2) is 6.10 Å². The Balaban J connectivity index is 2.12. The Morgan fingerprint density at radius 1 is 1.12 bits per heavy atom. The predicted molar refractivity (Wildman–Crippen MR) is 102 cm³/mol. The fourth-order valence-electron chi connectivity index (χ4n) is 2.31. The number of rotatable bonds is 7. The van der Waals surface area contributed by atoms with Crippen LogP contribution in [-0.4, -0.2) is 24.6 Å². The highest BCUT2D eigenvalue weighted by Gasteiger charge is 2.20. The first kappa shape index (κ1) is 19.8. The minimum Gasteiger partial charge on any atom is -0.481 e. The quantitative estimate of drug-likeness (QED) is 0.717. The van der Waals surface area contributed by atoms with E-state index in [1.165, 1.54) is 0 Å². The molecule has 5 nitrogen and oxygen atoms in total. The van der Waals surface area contributed by atoms with Gasteiger partial charge in [0, 0.05) is 10.7 Å². The van der Waals surface area contributed by atoms with Crippen molar-refractivity contribution >= 4 is 29.2 Å². The van der Waals surface area contributed by atoms with E-state index >= 15 is 0 Å². The van der Waals surface area contributed by atoms with Crippen molar-refractivity contribution in [1.29, 1.82) is 0 Å². The number of nitrogens with one attached hydrogen (secondary N) is 1. The fraction of sp³-hybridized carbons (Fsp3) is 0.300. The predicted octanol–water partition coefficient (Wildman–Crippen LogP) is 4.62. The molecule has 26 heavy (non-hydrogen) atoms. The lowest BCUT2D eigenvalue weighted by Gasteiger charge is -2.18. The van der Waals surface area contributed by atoms with Crippen LogP contribution in [0.1, 0.15) is 36.2 Å². The van der Waals surface area contributed by atoms with E-state index in [-0.39, 0.29) is 5.91 Å². The van der Waals surface area contributed by atoms with Crippen LogP contribution < -0.4 is 10.1 Å². The third-order valence-corrected chi connectivity index (χ3v) is 4.01. The van der Waals surface area contributed by atoms with Crippen molar-refractivity contribution < 1.29 is 19.1 Å². The number of hydrogen-bond donors (Lipinski definition) is 1. The second kappa shape index (κ2) is 9.25. The summed E-state index contributed by atoms with van der Waals surface area (Å²) in [7, 11) is 0. The molecule has 138 valence electrons. The minimum absolute atomic E-state index is 0.286. The number of aryl methyl sites for hydroxylation is 1. The molecule has 0 radical (unpaired) electrons. The van der Waals surface area contributed by atoms with Crippen molar-refractivity contribution in [3.63, 3.8) is 0 Å². The molecule has 2 rings (SSSR count). The summed E-state index contributed by atoms with van der Waals surface area (Å²) in [5.74, 6) is -0.146. The second-order valence-electron chi connectivity index (χ2n) is 5.71. The highest BCUT2D eigenvalue weighted by Crippen LogP contribution is 2.21. The van der Waals surface area contributed by atoms with Crippen LogP contribution in [0.3, 0.4) is 0 Å². The standard InChI is InChI=1S/C20H22ClNO4/c1-4-18(26-16-10-8-15(21)9-11-16)19(23)22-17-12-14(7-6-13(17)3)20(24)25-5-2/h6-12,18H,4-5H2,1-3H3,(H,22,23). The molecule has 0 saturated carbocycles. The van der Waals surface area contributed by atoms with Gasteiger partial charge in [-0.15, -0.1) is 0 Å². The molecule has 6 heteroatoms. The molecule has 1 N–H and O–H groups in total. The molecule has 0 spiro atoms. The summed E-state index contributed by atoms with van der Waals surface area (Å²) >= 11 is 5.86. The zero-order valence-electron chi connectivity index (χ0n) is 15.0. The molecule has 1 amide bonds. The maximum absolute atomic E-state index is 12.6. The lowest BCUT2D eigenvalue weighted by Crippen LogP contribution is -2.32. The van der Waals surface area contributed by atoms with Gasteiger partial charge in [-0.05, 0) is 62.2 Å². The maximum Gasteiger partial charge on any atom is 0.338 e. The van der Waals surface area contributed by atoms with Crippen molar-refractivity contribution in [3.8, 4) is 5.75 Å². The molecule has 0 aromatic heterocycles. The number of amides is 1. The number of carbonyl (C=O) groups excluding carboxylic acids is 2. The molecule has 0 saturated heterocycles. The highest BCUT2D eigenvalue weighted by atomic mass is 35.5. The summed E-state index contributed by atoms with van der Waals surface area (Å²) in [6.07, 6.45) is -0.174. The summed E-state index contributed by atoms with van der Waals surface area (Å²) in [6.45, 7) is 5.75. The maximum atomic E-state index is 12.6. The molecule has 2 aromatic carbocycles. The lowest BCUT2D eigenvalue weighted by molar-refractivity contribution is -0.122. The van der Waals surface area contributed by atoms with E-state index in [9.17, 15) is 9.59 Å². The number of hydrogen-bond acceptors (Lipinski definition) is 4. The molecule has 0 aliphatic heterocycles. The van der Waals surface area contributed by atoms with Gasteiger partial charge in [0.1, 0.15) is 5.75 Å². The van der Waals surface area contributed by atoms with Crippen LogP contribution in [0.25, 0.3) is 0 Å². The van der Waals surface area contributed by atoms with Gasteiger partial charge in [-0.2, -0.15) is 0 Å². The number of ether oxygens (including phenoxy) is 2. The summed E-state index contributed by atoms with van der Waals surface area (Å²) in [4.78, 5) is 24.5. The first-order valence-corrected chi connectivity index (χ1v) is 8.83. The van der Waals surface area contributed by atoms with Gasteiger partial charge in [0.05, 0.1) is 12.2 Å². The first-order valence-electron chi connectivity index (χ1n) is 8.45. The number of carbonyl (C=O) groups is 2. The van der Waals surface area contributed by atoms with Gasteiger partial charge < -0.3 is 14.8 Å². The lowest BCUT2D eigenvalue weighted by atomic mass is 10.1. The minimum atomic E-state index is -0.665. The van der Waals surface area contributed by atoms with E-state index in [0.29, 0.717) is 35.1 Å². The zero-order valence-corrected chi connectivity index (χ0v) is 15.8. The monoisotopic (exact) mass is 375 g/mol. The highest BCUT2D eigenvalue weighted by molar-refractivity contribution is 6.30. The van der Waals surface area contributed by atoms with E-state index < -0.39 is 12.1 Å². The Kier molecular flexibility index (Phi) is 7.04. The Morgan fingerprint density at radius 2 is 1.81 bits per heavy atom. The molecule has 0 bridgehead atoms. The number of esters is 1. The normalized spacial score (nSPS) is 11.5. The van der Waals surface area contributed by atoms with Crippen LogP contribution in [0.15, 0.2) is 42.5 Å². The molecule has 0 aliphatic rings. The summed E-state index contributed by atoms with van der Waals surface area (Å²) in [5.41, 5.74) is 1.78. The van der Waals surface area contributed by atoms with Crippen LogP contribution in [0, 0.1) is 6.92 Å². The van der Waals surface area contributed by atoms with E-state index in [1.54, 1.807) is 49.4 Å². The van der Waals surface area contributed by atoms with Crippen LogP contribution >= 0.6 is 11.6 Å².